The molecule has 0 unspecified atom stereocenters. The molecule has 2 rings (SSSR count). The molecular weight excluding hydrogens is 286 g/mol. The number of rotatable bonds is 7. The number of nitrogens with one attached hydrogen (secondary N) is 1. The van der Waals surface area contributed by atoms with Crippen LogP contribution in [-0.2, 0) is 0 Å². The van der Waals surface area contributed by atoms with E-state index in [1.54, 1.807) is 0 Å². The molecule has 0 aliphatic carbocycles. The standard InChI is InChI=1S/C18H27N5/c1-6-8-12-23(7-2)18-20-15(5)19-17(22-18)21-16-13(3)10-9-11-14(16)4/h9-11H,6-8,12H2,1-5H3,(H,19,20,21,22). The van der Waals surface area contributed by atoms with Crippen LogP contribution in [0.3, 0.4) is 0 Å². The van der Waals surface area contributed by atoms with Crippen LogP contribution in [0, 0.1) is 20.8 Å². The van der Waals surface area contributed by atoms with Crippen LogP contribution >= 0.6 is 0 Å². The first-order chi connectivity index (χ1) is 11.0. The van der Waals surface area contributed by atoms with Gasteiger partial charge < -0.3 is 10.2 Å². The predicted octanol–water partition coefficient (Wildman–Crippen LogP) is 4.17. The molecule has 5 heteroatoms. The zero-order valence-electron chi connectivity index (χ0n) is 14.8. The average Bonchev–Trinajstić information content (AvgIpc) is 2.51. The Balaban J connectivity index is 2.30. The van der Waals surface area contributed by atoms with Crippen molar-refractivity contribution in [3.8, 4) is 0 Å². The lowest BCUT2D eigenvalue weighted by Crippen LogP contribution is -2.26. The second kappa shape index (κ2) is 7.90. The van der Waals surface area contributed by atoms with Gasteiger partial charge in [0.2, 0.25) is 11.9 Å². The SMILES string of the molecule is CCCCN(CC)c1nc(C)nc(Nc2c(C)cccc2C)n1. The Labute approximate surface area is 139 Å². The van der Waals surface area contributed by atoms with Crippen LogP contribution in [0.5, 0.6) is 0 Å². The fourth-order valence-corrected chi connectivity index (χ4v) is 2.54. The van der Waals surface area contributed by atoms with Gasteiger partial charge in [-0.05, 0) is 45.2 Å². The highest BCUT2D eigenvalue weighted by molar-refractivity contribution is 5.63. The third-order valence-electron chi connectivity index (χ3n) is 3.90. The Bertz CT molecular complexity index is 634. The fourth-order valence-electron chi connectivity index (χ4n) is 2.54. The summed E-state index contributed by atoms with van der Waals surface area (Å²) in [6, 6.07) is 6.23. The highest BCUT2D eigenvalue weighted by Gasteiger charge is 2.12. The number of unbranched alkanes of at least 4 members (excludes halogenated alkanes) is 1. The summed E-state index contributed by atoms with van der Waals surface area (Å²) in [6.07, 6.45) is 2.30. The van der Waals surface area contributed by atoms with Crippen LogP contribution < -0.4 is 10.2 Å². The van der Waals surface area contributed by atoms with E-state index >= 15 is 0 Å². The Hall–Kier alpha value is -2.17. The number of anilines is 3. The van der Waals surface area contributed by atoms with Gasteiger partial charge in [-0.3, -0.25) is 0 Å². The minimum Gasteiger partial charge on any atom is -0.341 e. The maximum Gasteiger partial charge on any atom is 0.232 e. The van der Waals surface area contributed by atoms with E-state index in [4.69, 9.17) is 0 Å². The molecule has 5 nitrogen and oxygen atoms in total. The smallest absolute Gasteiger partial charge is 0.232 e. The van der Waals surface area contributed by atoms with Gasteiger partial charge in [0.05, 0.1) is 0 Å². The van der Waals surface area contributed by atoms with Gasteiger partial charge >= 0.3 is 0 Å². The average molecular weight is 313 g/mol. The maximum absolute atomic E-state index is 4.63. The molecule has 0 spiro atoms. The van der Waals surface area contributed by atoms with E-state index in [2.05, 4.69) is 71.1 Å². The fraction of sp³-hybridized carbons (Fsp3) is 0.500. The second-order valence-corrected chi connectivity index (χ2v) is 5.83. The molecule has 1 N–H and O–H groups in total. The number of hydrogen-bond donors (Lipinski definition) is 1. The van der Waals surface area contributed by atoms with E-state index < -0.39 is 0 Å². The van der Waals surface area contributed by atoms with Crippen molar-refractivity contribution in [2.24, 2.45) is 0 Å². The number of benzene rings is 1. The van der Waals surface area contributed by atoms with Crippen LogP contribution in [0.2, 0.25) is 0 Å². The summed E-state index contributed by atoms with van der Waals surface area (Å²) in [6.45, 7) is 12.3. The lowest BCUT2D eigenvalue weighted by atomic mass is 10.1. The summed E-state index contributed by atoms with van der Waals surface area (Å²) in [5.74, 6) is 2.10. The molecule has 0 atom stereocenters. The molecule has 1 aromatic heterocycles. The van der Waals surface area contributed by atoms with Crippen LogP contribution in [0.15, 0.2) is 18.2 Å². The molecule has 23 heavy (non-hydrogen) atoms. The van der Waals surface area contributed by atoms with Crippen molar-refractivity contribution in [1.82, 2.24) is 15.0 Å². The second-order valence-electron chi connectivity index (χ2n) is 5.83. The molecule has 0 radical (unpaired) electrons. The normalized spacial score (nSPS) is 10.7. The van der Waals surface area contributed by atoms with Gasteiger partial charge in [-0.25, -0.2) is 0 Å². The van der Waals surface area contributed by atoms with E-state index in [9.17, 15) is 0 Å². The molecule has 0 bridgehead atoms. The Morgan fingerprint density at radius 3 is 2.30 bits per heavy atom. The van der Waals surface area contributed by atoms with Crippen molar-refractivity contribution in [3.05, 3.63) is 35.2 Å². The van der Waals surface area contributed by atoms with Crippen molar-refractivity contribution >= 4 is 17.6 Å². The van der Waals surface area contributed by atoms with E-state index in [-0.39, 0.29) is 0 Å². The minimum atomic E-state index is 0.611. The van der Waals surface area contributed by atoms with Gasteiger partial charge in [0.15, 0.2) is 0 Å². The Kier molecular flexibility index (Phi) is 5.90. The molecule has 0 saturated heterocycles. The third kappa shape index (κ3) is 4.41. The molecule has 0 saturated carbocycles. The van der Waals surface area contributed by atoms with Crippen LogP contribution in [-0.4, -0.2) is 28.0 Å². The number of hydrogen-bond acceptors (Lipinski definition) is 5. The van der Waals surface area contributed by atoms with Gasteiger partial charge in [0.1, 0.15) is 5.82 Å². The van der Waals surface area contributed by atoms with Crippen molar-refractivity contribution in [1.29, 1.82) is 0 Å². The van der Waals surface area contributed by atoms with Gasteiger partial charge in [0.25, 0.3) is 0 Å². The van der Waals surface area contributed by atoms with E-state index in [0.29, 0.717) is 5.95 Å². The highest BCUT2D eigenvalue weighted by Crippen LogP contribution is 2.23. The van der Waals surface area contributed by atoms with Crippen LogP contribution in [0.1, 0.15) is 43.6 Å². The zero-order chi connectivity index (χ0) is 16.8. The lowest BCUT2D eigenvalue weighted by molar-refractivity contribution is 0.709. The Morgan fingerprint density at radius 1 is 1.00 bits per heavy atom. The van der Waals surface area contributed by atoms with Crippen molar-refractivity contribution in [3.63, 3.8) is 0 Å². The quantitative estimate of drug-likeness (QED) is 0.831. The zero-order valence-corrected chi connectivity index (χ0v) is 14.8. The summed E-state index contributed by atoms with van der Waals surface area (Å²) in [5.41, 5.74) is 3.44. The first-order valence-corrected chi connectivity index (χ1v) is 8.36. The summed E-state index contributed by atoms with van der Waals surface area (Å²) in [7, 11) is 0. The number of aromatic nitrogens is 3. The molecule has 0 fully saturated rings. The van der Waals surface area contributed by atoms with Crippen molar-refractivity contribution in [2.75, 3.05) is 23.3 Å². The monoisotopic (exact) mass is 313 g/mol. The molecule has 0 aliphatic heterocycles. The molecule has 1 heterocycles. The largest absolute Gasteiger partial charge is 0.341 e. The van der Waals surface area contributed by atoms with E-state index in [0.717, 1.165) is 43.4 Å². The lowest BCUT2D eigenvalue weighted by Gasteiger charge is -2.21. The van der Waals surface area contributed by atoms with Crippen LogP contribution in [0.25, 0.3) is 0 Å². The van der Waals surface area contributed by atoms with E-state index in [1.165, 1.54) is 11.1 Å². The third-order valence-corrected chi connectivity index (χ3v) is 3.90. The first kappa shape index (κ1) is 17.2. The summed E-state index contributed by atoms with van der Waals surface area (Å²) >= 11 is 0. The molecular formula is C18H27N5. The van der Waals surface area contributed by atoms with Crippen molar-refractivity contribution < 1.29 is 0 Å². The Morgan fingerprint density at radius 2 is 1.70 bits per heavy atom. The van der Waals surface area contributed by atoms with Crippen LogP contribution in [0.4, 0.5) is 17.6 Å². The molecule has 124 valence electrons. The maximum atomic E-state index is 4.63. The predicted molar refractivity (Wildman–Crippen MR) is 96.6 cm³/mol. The number of para-hydroxylation sites is 1. The van der Waals surface area contributed by atoms with Gasteiger partial charge in [-0.15, -0.1) is 0 Å². The van der Waals surface area contributed by atoms with Gasteiger partial charge in [-0.1, -0.05) is 31.5 Å². The number of aryl methyl sites for hydroxylation is 3. The topological polar surface area (TPSA) is 53.9 Å². The molecule has 2 aromatic rings. The summed E-state index contributed by atoms with van der Waals surface area (Å²) < 4.78 is 0. The van der Waals surface area contributed by atoms with Gasteiger partial charge in [0, 0.05) is 18.8 Å². The van der Waals surface area contributed by atoms with Crippen molar-refractivity contribution in [2.45, 2.75) is 47.5 Å². The number of nitrogens with zero attached hydrogens (tertiary/aromatic N) is 4. The molecule has 0 aliphatic rings. The summed E-state index contributed by atoms with van der Waals surface area (Å²) in [4.78, 5) is 15.8. The van der Waals surface area contributed by atoms with Gasteiger partial charge in [-0.2, -0.15) is 15.0 Å². The first-order valence-electron chi connectivity index (χ1n) is 8.36. The minimum absolute atomic E-state index is 0.611. The highest BCUT2D eigenvalue weighted by atomic mass is 15.3. The molecule has 0 amide bonds. The van der Waals surface area contributed by atoms with E-state index in [1.807, 2.05) is 6.92 Å². The summed E-state index contributed by atoms with van der Waals surface area (Å²) in [5, 5.41) is 3.37. The molecule has 1 aromatic carbocycles.